The molecule has 0 saturated carbocycles. The summed E-state index contributed by atoms with van der Waals surface area (Å²) in [6, 6.07) is 50.2. The molecule has 0 aliphatic rings. The molecule has 0 amide bonds. The highest BCUT2D eigenvalue weighted by Gasteiger charge is 2.37. The summed E-state index contributed by atoms with van der Waals surface area (Å²) >= 11 is 0. The van der Waals surface area contributed by atoms with Gasteiger partial charge in [-0.1, -0.05) is 170 Å². The van der Waals surface area contributed by atoms with Crippen LogP contribution in [0.4, 0.5) is 0 Å². The molecule has 8 nitrogen and oxygen atoms in total. The number of hydrogen-bond donors (Lipinski definition) is 2. The molecule has 6 aromatic rings. The van der Waals surface area contributed by atoms with E-state index in [1.165, 1.54) is 0 Å². The lowest BCUT2D eigenvalue weighted by Crippen LogP contribution is -2.13. The van der Waals surface area contributed by atoms with E-state index in [0.717, 1.165) is 22.3 Å². The van der Waals surface area contributed by atoms with E-state index in [-0.39, 0.29) is 109 Å². The van der Waals surface area contributed by atoms with Crippen LogP contribution in [0.2, 0.25) is 0 Å². The fourth-order valence-corrected chi connectivity index (χ4v) is 13.5. The summed E-state index contributed by atoms with van der Waals surface area (Å²) in [5, 5.41) is 23.6. The lowest BCUT2D eigenvalue weighted by Gasteiger charge is -2.26. The maximum Gasteiger partial charge on any atom is 0.163 e. The van der Waals surface area contributed by atoms with Gasteiger partial charge in [0, 0.05) is 74.3 Å². The summed E-state index contributed by atoms with van der Waals surface area (Å²) in [5.41, 5.74) is 4.14. The van der Waals surface area contributed by atoms with Crippen molar-refractivity contribution in [2.75, 3.05) is 0 Å². The molecular formula is C52H52O8P2. The molecule has 6 rings (SSSR count). The molecule has 0 aliphatic carbocycles. The summed E-state index contributed by atoms with van der Waals surface area (Å²) in [6.07, 6.45) is -0.263. The van der Waals surface area contributed by atoms with E-state index >= 15 is 0 Å². The van der Waals surface area contributed by atoms with Gasteiger partial charge in [0.05, 0.1) is 0 Å². The fourth-order valence-electron chi connectivity index (χ4n) is 7.79. The van der Waals surface area contributed by atoms with Gasteiger partial charge in [-0.2, -0.15) is 0 Å². The van der Waals surface area contributed by atoms with Gasteiger partial charge in [0.25, 0.3) is 0 Å². The first-order valence-electron chi connectivity index (χ1n) is 20.9. The molecule has 62 heavy (non-hydrogen) atoms. The van der Waals surface area contributed by atoms with E-state index in [4.69, 9.17) is 0 Å². The number of benzene rings is 6. The SMILES string of the molecule is O=C(CCC(=O)CCC(=O)c1ccccc1C(O)P(=O)(Cc1ccccc1)Cc1ccccc1)CCC(=O)c1ccccc1C(O)P(=O)(Cc1ccccc1)Cc1ccccc1. The lowest BCUT2D eigenvalue weighted by atomic mass is 9.97. The molecule has 2 N–H and O–H groups in total. The Labute approximate surface area is 363 Å². The lowest BCUT2D eigenvalue weighted by molar-refractivity contribution is -0.124. The Kier molecular flexibility index (Phi) is 16.2. The summed E-state index contributed by atoms with van der Waals surface area (Å²) in [4.78, 5) is 53.2. The van der Waals surface area contributed by atoms with Crippen molar-refractivity contribution in [1.29, 1.82) is 0 Å². The molecule has 318 valence electrons. The molecule has 0 aliphatic heterocycles. The van der Waals surface area contributed by atoms with Crippen molar-refractivity contribution in [3.63, 3.8) is 0 Å². The van der Waals surface area contributed by atoms with Gasteiger partial charge in [0.1, 0.15) is 37.5 Å². The van der Waals surface area contributed by atoms with Crippen LogP contribution in [0.5, 0.6) is 0 Å². The van der Waals surface area contributed by atoms with Crippen LogP contribution in [-0.4, -0.2) is 33.3 Å². The third-order valence-electron chi connectivity index (χ3n) is 11.1. The molecule has 6 aromatic carbocycles. The maximum atomic E-state index is 14.7. The second-order valence-electron chi connectivity index (χ2n) is 15.8. The van der Waals surface area contributed by atoms with Crippen molar-refractivity contribution in [1.82, 2.24) is 0 Å². The molecule has 0 radical (unpaired) electrons. The summed E-state index contributed by atoms with van der Waals surface area (Å²) in [7, 11) is -6.86. The smallest absolute Gasteiger partial charge is 0.163 e. The molecule has 0 aromatic heterocycles. The normalized spacial score (nSPS) is 12.6. The highest BCUT2D eigenvalue weighted by molar-refractivity contribution is 7.62. The number of carbonyl (C=O) groups is 4. The maximum absolute atomic E-state index is 14.7. The van der Waals surface area contributed by atoms with Gasteiger partial charge in [-0.05, 0) is 33.4 Å². The van der Waals surface area contributed by atoms with Gasteiger partial charge in [-0.15, -0.1) is 0 Å². The van der Waals surface area contributed by atoms with Crippen LogP contribution in [0.25, 0.3) is 0 Å². The van der Waals surface area contributed by atoms with Crippen LogP contribution in [0, 0.1) is 0 Å². The number of carbonyl (C=O) groups excluding carboxylic acids is 4. The minimum atomic E-state index is -3.43. The standard InChI is InChI=1S/C52H52O8P2/c53-43(31-33-49(55)45-25-13-15-27-47(45)51(57)61(59,35-39-17-5-1-6-18-39)36-40-19-7-2-8-20-40)29-30-44(54)32-34-50(56)46-26-14-16-28-48(46)52(58)62(60,37-41-21-9-3-10-22-41)38-42-23-11-4-12-24-42/h1-28,51-52,57-58H,29-38H2. The predicted molar refractivity (Wildman–Crippen MR) is 245 cm³/mol. The van der Waals surface area contributed by atoms with E-state index < -0.39 is 26.0 Å². The van der Waals surface area contributed by atoms with Crippen molar-refractivity contribution >= 4 is 37.4 Å². The Morgan fingerprint density at radius 3 is 0.887 bits per heavy atom. The van der Waals surface area contributed by atoms with Crippen molar-refractivity contribution in [3.8, 4) is 0 Å². The molecular weight excluding hydrogens is 815 g/mol. The first kappa shape index (κ1) is 45.9. The number of aliphatic hydroxyl groups is 2. The Balaban J connectivity index is 1.05. The molecule has 2 unspecified atom stereocenters. The topological polar surface area (TPSA) is 143 Å². The molecule has 0 spiro atoms. The zero-order valence-electron chi connectivity index (χ0n) is 34.6. The molecule has 10 heteroatoms. The van der Waals surface area contributed by atoms with E-state index in [2.05, 4.69) is 0 Å². The third-order valence-corrected chi connectivity index (χ3v) is 17.0. The monoisotopic (exact) mass is 866 g/mol. The fraction of sp³-hybridized carbons (Fsp3) is 0.231. The van der Waals surface area contributed by atoms with Gasteiger partial charge in [0.2, 0.25) is 0 Å². The van der Waals surface area contributed by atoms with E-state index in [1.807, 2.05) is 121 Å². The third kappa shape index (κ3) is 12.5. The number of Topliss-reactive ketones (excluding diaryl/α,β-unsaturated/α-hetero) is 4. The molecule has 0 fully saturated rings. The van der Waals surface area contributed by atoms with Gasteiger partial charge < -0.3 is 19.3 Å². The van der Waals surface area contributed by atoms with E-state index in [9.17, 15) is 38.5 Å². The van der Waals surface area contributed by atoms with Gasteiger partial charge in [0.15, 0.2) is 11.6 Å². The van der Waals surface area contributed by atoms with Gasteiger partial charge in [-0.3, -0.25) is 19.2 Å². The molecule has 2 atom stereocenters. The Morgan fingerprint density at radius 1 is 0.355 bits per heavy atom. The molecule has 0 heterocycles. The van der Waals surface area contributed by atoms with Crippen LogP contribution in [-0.2, 0) is 43.4 Å². The average Bonchev–Trinajstić information content (AvgIpc) is 3.30. The number of hydrogen-bond acceptors (Lipinski definition) is 8. The Bertz CT molecular complexity index is 2270. The highest BCUT2D eigenvalue weighted by atomic mass is 31.2. The molecule has 0 saturated heterocycles. The summed E-state index contributed by atoms with van der Waals surface area (Å²) in [6.45, 7) is 0. The van der Waals surface area contributed by atoms with Crippen LogP contribution < -0.4 is 0 Å². The van der Waals surface area contributed by atoms with Crippen molar-refractivity contribution in [3.05, 3.63) is 214 Å². The van der Waals surface area contributed by atoms with Crippen molar-refractivity contribution in [2.24, 2.45) is 0 Å². The van der Waals surface area contributed by atoms with E-state index in [0.29, 0.717) is 0 Å². The van der Waals surface area contributed by atoms with E-state index in [1.54, 1.807) is 48.5 Å². The van der Waals surface area contributed by atoms with Crippen LogP contribution in [0.15, 0.2) is 170 Å². The predicted octanol–water partition coefficient (Wildman–Crippen LogP) is 11.7. The minimum absolute atomic E-state index is 0.106. The average molecular weight is 867 g/mol. The van der Waals surface area contributed by atoms with Crippen LogP contribution >= 0.6 is 14.3 Å². The van der Waals surface area contributed by atoms with Gasteiger partial charge in [-0.25, -0.2) is 0 Å². The van der Waals surface area contributed by atoms with Crippen LogP contribution in [0.1, 0.15) is 104 Å². The first-order valence-corrected chi connectivity index (χ1v) is 25.2. The second kappa shape index (κ2) is 21.9. The number of aliphatic hydroxyl groups excluding tert-OH is 2. The first-order chi connectivity index (χ1) is 29.9. The minimum Gasteiger partial charge on any atom is -0.381 e. The Hall–Kier alpha value is -5.62. The van der Waals surface area contributed by atoms with Crippen LogP contribution in [0.3, 0.4) is 0 Å². The molecule has 0 bridgehead atoms. The zero-order chi connectivity index (χ0) is 44.0. The highest BCUT2D eigenvalue weighted by Crippen LogP contribution is 2.64. The summed E-state index contributed by atoms with van der Waals surface area (Å²) in [5.74, 6) is -4.21. The van der Waals surface area contributed by atoms with Crippen molar-refractivity contribution in [2.45, 2.75) is 74.9 Å². The number of ketones is 4. The summed E-state index contributed by atoms with van der Waals surface area (Å²) < 4.78 is 29.5. The zero-order valence-corrected chi connectivity index (χ0v) is 36.4. The second-order valence-corrected chi connectivity index (χ2v) is 21.9. The van der Waals surface area contributed by atoms with Gasteiger partial charge >= 0.3 is 0 Å². The largest absolute Gasteiger partial charge is 0.381 e. The van der Waals surface area contributed by atoms with Crippen molar-refractivity contribution < 1.29 is 38.5 Å². The Morgan fingerprint density at radius 2 is 0.597 bits per heavy atom. The number of rotatable bonds is 23. The quantitative estimate of drug-likeness (QED) is 0.0479.